The number of amides is 2. The topological polar surface area (TPSA) is 87.7 Å². The SMILES string of the molecule is COc1ccc([C@H](O)CNC(=O)Nc2ccc(C(C)=O)cc2)cc1. The highest BCUT2D eigenvalue weighted by atomic mass is 16.5. The van der Waals surface area contributed by atoms with Gasteiger partial charge < -0.3 is 20.5 Å². The maximum absolute atomic E-state index is 11.8. The number of hydrogen-bond donors (Lipinski definition) is 3. The molecule has 6 heteroatoms. The quantitative estimate of drug-likeness (QED) is 0.712. The zero-order valence-corrected chi connectivity index (χ0v) is 13.6. The molecular weight excluding hydrogens is 308 g/mol. The lowest BCUT2D eigenvalue weighted by molar-refractivity contribution is 0.101. The van der Waals surface area contributed by atoms with Crippen molar-refractivity contribution in [3.8, 4) is 5.75 Å². The molecule has 0 bridgehead atoms. The molecule has 0 radical (unpaired) electrons. The molecule has 0 saturated heterocycles. The molecule has 2 amide bonds. The van der Waals surface area contributed by atoms with Crippen molar-refractivity contribution in [3.63, 3.8) is 0 Å². The Morgan fingerprint density at radius 1 is 1.08 bits per heavy atom. The lowest BCUT2D eigenvalue weighted by atomic mass is 10.1. The summed E-state index contributed by atoms with van der Waals surface area (Å²) in [5, 5.41) is 15.3. The van der Waals surface area contributed by atoms with Crippen LogP contribution in [0.25, 0.3) is 0 Å². The third kappa shape index (κ3) is 4.82. The Kier molecular flexibility index (Phi) is 5.92. The molecule has 24 heavy (non-hydrogen) atoms. The van der Waals surface area contributed by atoms with Crippen molar-refractivity contribution < 1.29 is 19.4 Å². The number of anilines is 1. The molecule has 2 aromatic carbocycles. The van der Waals surface area contributed by atoms with Crippen molar-refractivity contribution in [1.29, 1.82) is 0 Å². The van der Waals surface area contributed by atoms with E-state index in [1.807, 2.05) is 0 Å². The first-order valence-corrected chi connectivity index (χ1v) is 7.47. The molecule has 6 nitrogen and oxygen atoms in total. The number of ether oxygens (including phenoxy) is 1. The van der Waals surface area contributed by atoms with Crippen LogP contribution in [0.4, 0.5) is 10.5 Å². The molecule has 0 aromatic heterocycles. The van der Waals surface area contributed by atoms with Crippen LogP contribution >= 0.6 is 0 Å². The minimum absolute atomic E-state index is 0.0337. The van der Waals surface area contributed by atoms with Crippen LogP contribution < -0.4 is 15.4 Å². The standard InChI is InChI=1S/C18H20N2O4/c1-12(21)13-3-7-15(8-4-13)20-18(23)19-11-17(22)14-5-9-16(24-2)10-6-14/h3-10,17,22H,11H2,1-2H3,(H2,19,20,23)/t17-/m1/s1. The molecule has 3 N–H and O–H groups in total. The summed E-state index contributed by atoms with van der Waals surface area (Å²) in [5.41, 5.74) is 1.83. The first kappa shape index (κ1) is 17.5. The minimum atomic E-state index is -0.818. The van der Waals surface area contributed by atoms with Crippen molar-refractivity contribution in [2.24, 2.45) is 0 Å². The monoisotopic (exact) mass is 328 g/mol. The summed E-state index contributed by atoms with van der Waals surface area (Å²) >= 11 is 0. The highest BCUT2D eigenvalue weighted by Gasteiger charge is 2.10. The second-order valence-electron chi connectivity index (χ2n) is 5.26. The van der Waals surface area contributed by atoms with E-state index in [0.29, 0.717) is 22.6 Å². The fraction of sp³-hybridized carbons (Fsp3) is 0.222. The van der Waals surface area contributed by atoms with Gasteiger partial charge in [0.2, 0.25) is 0 Å². The molecule has 2 aromatic rings. The van der Waals surface area contributed by atoms with Gasteiger partial charge >= 0.3 is 6.03 Å². The second kappa shape index (κ2) is 8.12. The van der Waals surface area contributed by atoms with Crippen molar-refractivity contribution in [2.45, 2.75) is 13.0 Å². The summed E-state index contributed by atoms with van der Waals surface area (Å²) in [6.45, 7) is 1.55. The van der Waals surface area contributed by atoms with Crippen molar-refractivity contribution in [1.82, 2.24) is 5.32 Å². The summed E-state index contributed by atoms with van der Waals surface area (Å²) in [6, 6.07) is 13.1. The van der Waals surface area contributed by atoms with Gasteiger partial charge in [-0.1, -0.05) is 12.1 Å². The number of rotatable bonds is 6. The molecule has 0 aliphatic heterocycles. The Hall–Kier alpha value is -2.86. The third-order valence-corrected chi connectivity index (χ3v) is 3.51. The third-order valence-electron chi connectivity index (χ3n) is 3.51. The van der Waals surface area contributed by atoms with Gasteiger partial charge in [-0.05, 0) is 48.9 Å². The molecule has 0 fully saturated rings. The Bertz CT molecular complexity index is 696. The van der Waals surface area contributed by atoms with Crippen LogP contribution in [0.2, 0.25) is 0 Å². The summed E-state index contributed by atoms with van der Waals surface area (Å²) in [5.74, 6) is 0.666. The van der Waals surface area contributed by atoms with Crippen LogP contribution in [0.3, 0.4) is 0 Å². The van der Waals surface area contributed by atoms with E-state index in [0.717, 1.165) is 0 Å². The molecule has 0 spiro atoms. The van der Waals surface area contributed by atoms with Gasteiger partial charge in [0.15, 0.2) is 5.78 Å². The fourth-order valence-electron chi connectivity index (χ4n) is 2.10. The van der Waals surface area contributed by atoms with Crippen LogP contribution in [0.1, 0.15) is 28.9 Å². The van der Waals surface area contributed by atoms with Crippen molar-refractivity contribution in [3.05, 3.63) is 59.7 Å². The molecular formula is C18H20N2O4. The van der Waals surface area contributed by atoms with Crippen LogP contribution in [-0.4, -0.2) is 30.6 Å². The van der Waals surface area contributed by atoms with Gasteiger partial charge in [-0.25, -0.2) is 4.79 Å². The van der Waals surface area contributed by atoms with E-state index in [1.54, 1.807) is 55.6 Å². The van der Waals surface area contributed by atoms with E-state index in [4.69, 9.17) is 4.74 Å². The first-order chi connectivity index (χ1) is 11.5. The number of ketones is 1. The number of Topliss-reactive ketones (excluding diaryl/α,β-unsaturated/α-hetero) is 1. The van der Waals surface area contributed by atoms with E-state index < -0.39 is 12.1 Å². The molecule has 1 atom stereocenters. The minimum Gasteiger partial charge on any atom is -0.497 e. The maximum atomic E-state index is 11.8. The number of hydrogen-bond acceptors (Lipinski definition) is 4. The van der Waals surface area contributed by atoms with Crippen LogP contribution in [-0.2, 0) is 0 Å². The molecule has 2 rings (SSSR count). The second-order valence-corrected chi connectivity index (χ2v) is 5.26. The molecule has 0 heterocycles. The van der Waals surface area contributed by atoms with Crippen molar-refractivity contribution >= 4 is 17.5 Å². The predicted molar refractivity (Wildman–Crippen MR) is 91.4 cm³/mol. The zero-order valence-electron chi connectivity index (χ0n) is 13.6. The number of methoxy groups -OCH3 is 1. The number of nitrogens with one attached hydrogen (secondary N) is 2. The summed E-state index contributed by atoms with van der Waals surface area (Å²) < 4.78 is 5.05. The van der Waals surface area contributed by atoms with E-state index in [1.165, 1.54) is 6.92 Å². The van der Waals surface area contributed by atoms with Gasteiger partial charge in [0.05, 0.1) is 13.2 Å². The number of aliphatic hydroxyl groups excluding tert-OH is 1. The fourth-order valence-corrected chi connectivity index (χ4v) is 2.10. The molecule has 0 saturated carbocycles. The van der Waals surface area contributed by atoms with Gasteiger partial charge in [-0.15, -0.1) is 0 Å². The lowest BCUT2D eigenvalue weighted by Gasteiger charge is -2.13. The Morgan fingerprint density at radius 2 is 1.71 bits per heavy atom. The smallest absolute Gasteiger partial charge is 0.319 e. The number of aliphatic hydroxyl groups is 1. The summed E-state index contributed by atoms with van der Waals surface area (Å²) in [4.78, 5) is 23.0. The number of carbonyl (C=O) groups excluding carboxylic acids is 2. The predicted octanol–water partition coefficient (Wildman–Crippen LogP) is 2.75. The Labute approximate surface area is 140 Å². The number of urea groups is 1. The van der Waals surface area contributed by atoms with Gasteiger partial charge in [0, 0.05) is 17.8 Å². The average Bonchev–Trinajstić information content (AvgIpc) is 2.60. The van der Waals surface area contributed by atoms with Gasteiger partial charge in [0.25, 0.3) is 0 Å². The van der Waals surface area contributed by atoms with Crippen molar-refractivity contribution in [2.75, 3.05) is 19.0 Å². The van der Waals surface area contributed by atoms with Gasteiger partial charge in [-0.3, -0.25) is 4.79 Å². The maximum Gasteiger partial charge on any atom is 0.319 e. The van der Waals surface area contributed by atoms with E-state index in [9.17, 15) is 14.7 Å². The molecule has 0 unspecified atom stereocenters. The van der Waals surface area contributed by atoms with Crippen LogP contribution in [0.15, 0.2) is 48.5 Å². The largest absolute Gasteiger partial charge is 0.497 e. The molecule has 0 aliphatic carbocycles. The average molecular weight is 328 g/mol. The Morgan fingerprint density at radius 3 is 2.25 bits per heavy atom. The first-order valence-electron chi connectivity index (χ1n) is 7.47. The Balaban J connectivity index is 1.84. The van der Waals surface area contributed by atoms with Gasteiger partial charge in [-0.2, -0.15) is 0 Å². The highest BCUT2D eigenvalue weighted by molar-refractivity contribution is 5.95. The lowest BCUT2D eigenvalue weighted by Crippen LogP contribution is -2.32. The van der Waals surface area contributed by atoms with Crippen LogP contribution in [0.5, 0.6) is 5.75 Å². The van der Waals surface area contributed by atoms with Gasteiger partial charge in [0.1, 0.15) is 5.75 Å². The normalized spacial score (nSPS) is 11.5. The number of carbonyl (C=O) groups is 2. The molecule has 0 aliphatic rings. The van der Waals surface area contributed by atoms with E-state index in [-0.39, 0.29) is 12.3 Å². The number of benzene rings is 2. The van der Waals surface area contributed by atoms with E-state index in [2.05, 4.69) is 10.6 Å². The zero-order chi connectivity index (χ0) is 17.5. The summed E-state index contributed by atoms with van der Waals surface area (Å²) in [6.07, 6.45) is -0.818. The molecule has 126 valence electrons. The van der Waals surface area contributed by atoms with Crippen LogP contribution in [0, 0.1) is 0 Å². The van der Waals surface area contributed by atoms with E-state index >= 15 is 0 Å². The highest BCUT2D eigenvalue weighted by Crippen LogP contribution is 2.17. The summed E-state index contributed by atoms with van der Waals surface area (Å²) in [7, 11) is 1.57.